The molecule has 1 aromatic carbocycles. The van der Waals surface area contributed by atoms with Crippen molar-refractivity contribution in [3.8, 4) is 23.3 Å². The molecular weight excluding hydrogens is 547 g/mol. The van der Waals surface area contributed by atoms with Gasteiger partial charge in [-0.2, -0.15) is 5.26 Å². The maximum Gasteiger partial charge on any atom is 0.259 e. The fourth-order valence-corrected chi connectivity index (χ4v) is 5.50. The van der Waals surface area contributed by atoms with E-state index < -0.39 is 11.7 Å². The number of nitrogens with zero attached hydrogens (tertiary/aromatic N) is 9. The van der Waals surface area contributed by atoms with Crippen molar-refractivity contribution in [3.05, 3.63) is 95.3 Å². The molecule has 4 aromatic heterocycles. The van der Waals surface area contributed by atoms with Gasteiger partial charge in [-0.05, 0) is 68.7 Å². The number of nitriles is 1. The standard InChI is InChI=1S/C31H27FN10O/c1-18(2)41-17-36-39-30(41)25-4-3-5-28(37-25)38-31(43)23-12-26-20(10-24(23)32)14-40(22-8-9-34-21(11-22)13-33)15-27-29(19-6-7-19)35-16-42(26)27/h3-5,8-12,16-19H,6-7,14-15H2,1-2H3,(H,37,38,43). The topological polar surface area (TPSA) is 130 Å². The lowest BCUT2D eigenvalue weighted by Crippen LogP contribution is -2.22. The normalized spacial score (nSPS) is 14.2. The molecule has 5 heterocycles. The first-order valence-electron chi connectivity index (χ1n) is 14.1. The van der Waals surface area contributed by atoms with Crippen molar-refractivity contribution in [1.82, 2.24) is 34.3 Å². The molecule has 12 heteroatoms. The average molecular weight is 575 g/mol. The maximum atomic E-state index is 15.7. The molecule has 1 N–H and O–H groups in total. The zero-order valence-corrected chi connectivity index (χ0v) is 23.6. The second kappa shape index (κ2) is 10.4. The van der Waals surface area contributed by atoms with Crippen molar-refractivity contribution in [3.63, 3.8) is 0 Å². The summed E-state index contributed by atoms with van der Waals surface area (Å²) in [5.74, 6) is -0.0397. The summed E-state index contributed by atoms with van der Waals surface area (Å²) in [7, 11) is 0. The Morgan fingerprint density at radius 1 is 1.12 bits per heavy atom. The van der Waals surface area contributed by atoms with Crippen LogP contribution in [-0.4, -0.2) is 40.2 Å². The third kappa shape index (κ3) is 4.88. The van der Waals surface area contributed by atoms with Crippen molar-refractivity contribution in [2.75, 3.05) is 10.2 Å². The fourth-order valence-electron chi connectivity index (χ4n) is 5.50. The number of amides is 1. The molecule has 1 aliphatic carbocycles. The highest BCUT2D eigenvalue weighted by Crippen LogP contribution is 2.43. The molecule has 43 heavy (non-hydrogen) atoms. The van der Waals surface area contributed by atoms with Gasteiger partial charge >= 0.3 is 0 Å². The smallest absolute Gasteiger partial charge is 0.259 e. The summed E-state index contributed by atoms with van der Waals surface area (Å²) in [6, 6.07) is 14.0. The first-order chi connectivity index (χ1) is 20.9. The van der Waals surface area contributed by atoms with Crippen LogP contribution in [-0.2, 0) is 13.1 Å². The van der Waals surface area contributed by atoms with Gasteiger partial charge in [0, 0.05) is 30.4 Å². The van der Waals surface area contributed by atoms with Crippen LogP contribution in [0, 0.1) is 17.1 Å². The van der Waals surface area contributed by atoms with Crippen molar-refractivity contribution >= 4 is 17.4 Å². The number of fused-ring (bicyclic) bond motifs is 3. The summed E-state index contributed by atoms with van der Waals surface area (Å²) in [6.45, 7) is 4.91. The second-order valence-corrected chi connectivity index (χ2v) is 11.1. The summed E-state index contributed by atoms with van der Waals surface area (Å²) in [4.78, 5) is 28.9. The van der Waals surface area contributed by atoms with Gasteiger partial charge in [0.1, 0.15) is 35.4 Å². The van der Waals surface area contributed by atoms with E-state index in [-0.39, 0.29) is 17.4 Å². The summed E-state index contributed by atoms with van der Waals surface area (Å²) < 4.78 is 19.5. The third-order valence-electron chi connectivity index (χ3n) is 7.81. The Hall–Kier alpha value is -5.44. The van der Waals surface area contributed by atoms with Crippen molar-refractivity contribution in [1.29, 1.82) is 5.26 Å². The number of benzene rings is 1. The van der Waals surface area contributed by atoms with Gasteiger partial charge in [-0.15, -0.1) is 10.2 Å². The summed E-state index contributed by atoms with van der Waals surface area (Å²) in [5, 5.41) is 20.3. The van der Waals surface area contributed by atoms with E-state index in [4.69, 9.17) is 4.98 Å². The minimum atomic E-state index is -0.648. The first-order valence-corrected chi connectivity index (χ1v) is 14.1. The average Bonchev–Trinajstić information content (AvgIpc) is 3.61. The molecule has 214 valence electrons. The van der Waals surface area contributed by atoms with Crippen molar-refractivity contribution in [2.24, 2.45) is 0 Å². The number of imidazole rings is 1. The Morgan fingerprint density at radius 2 is 1.98 bits per heavy atom. The zero-order valence-electron chi connectivity index (χ0n) is 23.6. The summed E-state index contributed by atoms with van der Waals surface area (Å²) in [5.41, 5.74) is 4.91. The van der Waals surface area contributed by atoms with E-state index >= 15 is 4.39 Å². The number of aromatic nitrogens is 7. The van der Waals surface area contributed by atoms with Crippen LogP contribution in [0.1, 0.15) is 71.7 Å². The van der Waals surface area contributed by atoms with Crippen LogP contribution in [0.4, 0.5) is 15.9 Å². The van der Waals surface area contributed by atoms with Crippen LogP contribution in [0.25, 0.3) is 17.2 Å². The Kier molecular flexibility index (Phi) is 6.42. The lowest BCUT2D eigenvalue weighted by atomic mass is 10.1. The molecule has 0 bridgehead atoms. The van der Waals surface area contributed by atoms with Gasteiger partial charge < -0.3 is 19.4 Å². The van der Waals surface area contributed by atoms with E-state index in [1.165, 1.54) is 6.07 Å². The van der Waals surface area contributed by atoms with E-state index in [0.717, 1.165) is 29.9 Å². The second-order valence-electron chi connectivity index (χ2n) is 11.1. The van der Waals surface area contributed by atoms with Crippen LogP contribution in [0.5, 0.6) is 0 Å². The SMILES string of the molecule is CC(C)n1cnnc1-c1cccc(NC(=O)c2cc3c(cc2F)CN(c2ccnc(C#N)c2)Cc2c(C4CC4)ncn2-3)n1. The van der Waals surface area contributed by atoms with Gasteiger partial charge in [-0.1, -0.05) is 6.07 Å². The van der Waals surface area contributed by atoms with E-state index in [2.05, 4.69) is 36.5 Å². The number of carbonyl (C=O) groups is 1. The molecule has 7 rings (SSSR count). The maximum absolute atomic E-state index is 15.7. The molecule has 11 nitrogen and oxygen atoms in total. The Morgan fingerprint density at radius 3 is 2.77 bits per heavy atom. The minimum Gasteiger partial charge on any atom is -0.361 e. The van der Waals surface area contributed by atoms with E-state index in [1.54, 1.807) is 49.2 Å². The lowest BCUT2D eigenvalue weighted by molar-refractivity contribution is 0.102. The van der Waals surface area contributed by atoms with Gasteiger partial charge in [0.05, 0.1) is 35.5 Å². The number of rotatable bonds is 6. The molecule has 0 atom stereocenters. The van der Waals surface area contributed by atoms with Crippen LogP contribution < -0.4 is 10.2 Å². The van der Waals surface area contributed by atoms with Gasteiger partial charge in [-0.25, -0.2) is 19.3 Å². The summed E-state index contributed by atoms with van der Waals surface area (Å²) in [6.07, 6.45) is 7.13. The van der Waals surface area contributed by atoms with Gasteiger partial charge in [-0.3, -0.25) is 4.79 Å². The largest absolute Gasteiger partial charge is 0.361 e. The van der Waals surface area contributed by atoms with Crippen LogP contribution >= 0.6 is 0 Å². The number of hydrogen-bond acceptors (Lipinski definition) is 8. The predicted octanol–water partition coefficient (Wildman–Crippen LogP) is 5.16. The fraction of sp³-hybridized carbons (Fsp3) is 0.258. The van der Waals surface area contributed by atoms with Crippen molar-refractivity contribution in [2.45, 2.75) is 51.7 Å². The molecule has 0 radical (unpaired) electrons. The third-order valence-corrected chi connectivity index (χ3v) is 7.81. The lowest BCUT2D eigenvalue weighted by Gasteiger charge is -2.23. The predicted molar refractivity (Wildman–Crippen MR) is 156 cm³/mol. The highest BCUT2D eigenvalue weighted by molar-refractivity contribution is 6.04. The van der Waals surface area contributed by atoms with Crippen LogP contribution in [0.15, 0.2) is 61.3 Å². The summed E-state index contributed by atoms with van der Waals surface area (Å²) >= 11 is 0. The minimum absolute atomic E-state index is 0.104. The molecule has 1 amide bonds. The number of anilines is 2. The van der Waals surface area contributed by atoms with Crippen LogP contribution in [0.2, 0.25) is 0 Å². The molecular formula is C31H27FN10O. The molecule has 0 spiro atoms. The number of hydrogen-bond donors (Lipinski definition) is 1. The molecule has 5 aromatic rings. The van der Waals surface area contributed by atoms with Crippen LogP contribution in [0.3, 0.4) is 0 Å². The van der Waals surface area contributed by atoms with Crippen molar-refractivity contribution < 1.29 is 9.18 Å². The van der Waals surface area contributed by atoms with E-state index in [0.29, 0.717) is 47.5 Å². The van der Waals surface area contributed by atoms with E-state index in [1.807, 2.05) is 29.0 Å². The molecule has 1 saturated carbocycles. The highest BCUT2D eigenvalue weighted by atomic mass is 19.1. The quantitative estimate of drug-likeness (QED) is 0.294. The number of carbonyl (C=O) groups excluding carboxylic acids is 1. The molecule has 1 aliphatic heterocycles. The van der Waals surface area contributed by atoms with Gasteiger partial charge in [0.2, 0.25) is 0 Å². The highest BCUT2D eigenvalue weighted by Gasteiger charge is 2.33. The van der Waals surface area contributed by atoms with E-state index in [9.17, 15) is 10.1 Å². The molecule has 0 unspecified atom stereocenters. The number of halogens is 1. The number of pyridine rings is 2. The molecule has 2 aliphatic rings. The molecule has 1 fully saturated rings. The Balaban J connectivity index is 1.25. The Bertz CT molecular complexity index is 1920. The molecule has 0 saturated heterocycles. The first kappa shape index (κ1) is 26.5. The monoisotopic (exact) mass is 574 g/mol. The van der Waals surface area contributed by atoms with Gasteiger partial charge in [0.25, 0.3) is 5.91 Å². The van der Waals surface area contributed by atoms with Gasteiger partial charge in [0.15, 0.2) is 5.82 Å². The Labute approximate surface area is 246 Å². The number of nitrogens with one attached hydrogen (secondary N) is 1. The zero-order chi connectivity index (χ0) is 29.7.